The molecule has 0 spiro atoms. The van der Waals surface area contributed by atoms with Gasteiger partial charge in [0.1, 0.15) is 29.0 Å². The fourth-order valence-corrected chi connectivity index (χ4v) is 7.64. The number of sulfonamides is 1. The van der Waals surface area contributed by atoms with Gasteiger partial charge in [0.25, 0.3) is 0 Å². The van der Waals surface area contributed by atoms with Crippen molar-refractivity contribution in [2.24, 2.45) is 0 Å². The van der Waals surface area contributed by atoms with Crippen LogP contribution in [0.1, 0.15) is 53.4 Å². The third-order valence-corrected chi connectivity index (χ3v) is 9.89. The highest BCUT2D eigenvalue weighted by atomic mass is 32.2. The average Bonchev–Trinajstić information content (AvgIpc) is 3.45. The summed E-state index contributed by atoms with van der Waals surface area (Å²) < 4.78 is 65.4. The van der Waals surface area contributed by atoms with Gasteiger partial charge in [-0.2, -0.15) is 9.40 Å². The maximum absolute atomic E-state index is 15.7. The predicted octanol–water partition coefficient (Wildman–Crippen LogP) is 4.10. The number of aromatic amines is 1. The van der Waals surface area contributed by atoms with Crippen molar-refractivity contribution in [3.8, 4) is 0 Å². The van der Waals surface area contributed by atoms with Crippen LogP contribution in [-0.4, -0.2) is 47.2 Å². The fraction of sp³-hybridized carbons (Fsp3) is 0.407. The molecule has 0 bridgehead atoms. The molecule has 2 atom stereocenters. The standard InChI is InChI=1S/C27H31F2N5O3S/c1-2-21-8-9-25(19-6-4-3-5-7-19)38(35,36)34(21)17-20-14-24(29)22(15-23(20)28)27(10-12-37-13-11-27)31-16-26-30-18-32-33-26/h2-7,14-15,18,21,25,31H,1,8-13,16-17H2,(H,30,32,33)/t21-,25+/m0/s1. The smallest absolute Gasteiger partial charge is 0.222 e. The van der Waals surface area contributed by atoms with Gasteiger partial charge in [-0.05, 0) is 43.4 Å². The molecule has 8 nitrogen and oxygen atoms in total. The average molecular weight is 544 g/mol. The quantitative estimate of drug-likeness (QED) is 0.415. The Hall–Kier alpha value is -2.99. The zero-order valence-corrected chi connectivity index (χ0v) is 21.8. The minimum absolute atomic E-state index is 0.0205. The van der Waals surface area contributed by atoms with E-state index in [-0.39, 0.29) is 24.2 Å². The van der Waals surface area contributed by atoms with Crippen molar-refractivity contribution in [2.45, 2.75) is 55.6 Å². The molecule has 0 radical (unpaired) electrons. The van der Waals surface area contributed by atoms with E-state index < -0.39 is 38.5 Å². The Balaban J connectivity index is 1.45. The first kappa shape index (κ1) is 26.6. The summed E-state index contributed by atoms with van der Waals surface area (Å²) >= 11 is 0. The summed E-state index contributed by atoms with van der Waals surface area (Å²) in [5.74, 6) is -0.682. The van der Waals surface area contributed by atoms with E-state index in [0.717, 1.165) is 6.07 Å². The number of ether oxygens (including phenoxy) is 1. The Bertz CT molecular complexity index is 1360. The van der Waals surface area contributed by atoms with Crippen LogP contribution < -0.4 is 5.32 Å². The van der Waals surface area contributed by atoms with Gasteiger partial charge >= 0.3 is 0 Å². The fourth-order valence-electron chi connectivity index (χ4n) is 5.49. The predicted molar refractivity (Wildman–Crippen MR) is 138 cm³/mol. The lowest BCUT2D eigenvalue weighted by Crippen LogP contribution is -2.47. The number of hydrogen-bond acceptors (Lipinski definition) is 6. The largest absolute Gasteiger partial charge is 0.381 e. The van der Waals surface area contributed by atoms with Crippen LogP contribution in [-0.2, 0) is 33.4 Å². The van der Waals surface area contributed by atoms with Gasteiger partial charge in [-0.15, -0.1) is 6.58 Å². The third kappa shape index (κ3) is 5.15. The summed E-state index contributed by atoms with van der Waals surface area (Å²) in [6.45, 7) is 4.58. The number of nitrogens with one attached hydrogen (secondary N) is 2. The van der Waals surface area contributed by atoms with Crippen molar-refractivity contribution < 1.29 is 21.9 Å². The number of hydrogen-bond donors (Lipinski definition) is 2. The summed E-state index contributed by atoms with van der Waals surface area (Å²) in [7, 11) is -3.86. The van der Waals surface area contributed by atoms with E-state index in [9.17, 15) is 8.42 Å². The highest BCUT2D eigenvalue weighted by Gasteiger charge is 2.42. The molecule has 1 aromatic heterocycles. The van der Waals surface area contributed by atoms with Crippen LogP contribution in [0.25, 0.3) is 0 Å². The van der Waals surface area contributed by atoms with Gasteiger partial charge in [-0.25, -0.2) is 22.2 Å². The number of aromatic nitrogens is 3. The van der Waals surface area contributed by atoms with Crippen molar-refractivity contribution in [1.29, 1.82) is 0 Å². The number of nitrogens with zero attached hydrogens (tertiary/aromatic N) is 3. The molecule has 0 unspecified atom stereocenters. The second kappa shape index (κ2) is 11.0. The molecule has 5 rings (SSSR count). The topological polar surface area (TPSA) is 100 Å². The van der Waals surface area contributed by atoms with E-state index in [0.29, 0.717) is 50.3 Å². The van der Waals surface area contributed by atoms with Crippen molar-refractivity contribution in [3.63, 3.8) is 0 Å². The lowest BCUT2D eigenvalue weighted by Gasteiger charge is -2.39. The molecular formula is C27H31F2N5O3S. The lowest BCUT2D eigenvalue weighted by atomic mass is 9.81. The summed E-state index contributed by atoms with van der Waals surface area (Å²) in [6, 6.07) is 10.8. The molecule has 0 amide bonds. The molecule has 2 aliphatic heterocycles. The number of rotatable bonds is 8. The maximum Gasteiger partial charge on any atom is 0.222 e. The summed E-state index contributed by atoms with van der Waals surface area (Å²) in [5.41, 5.74) is -0.0204. The van der Waals surface area contributed by atoms with Gasteiger partial charge in [-0.1, -0.05) is 36.4 Å². The summed E-state index contributed by atoms with van der Waals surface area (Å²) in [4.78, 5) is 4.10. The van der Waals surface area contributed by atoms with Crippen LogP contribution in [0.15, 0.2) is 61.4 Å². The van der Waals surface area contributed by atoms with Crippen LogP contribution in [0.3, 0.4) is 0 Å². The molecule has 38 heavy (non-hydrogen) atoms. The minimum Gasteiger partial charge on any atom is -0.381 e. The van der Waals surface area contributed by atoms with E-state index in [1.165, 1.54) is 16.7 Å². The number of H-pyrrole nitrogens is 1. The normalized spacial score (nSPS) is 23.2. The SMILES string of the molecule is C=C[C@H]1CC[C@H](c2ccccc2)S(=O)(=O)N1Cc1cc(F)c(C2(NCc3ncn[nH]3)CCOCC2)cc1F. The van der Waals surface area contributed by atoms with Crippen molar-refractivity contribution in [1.82, 2.24) is 24.8 Å². The molecule has 2 aliphatic rings. The Morgan fingerprint density at radius 3 is 2.61 bits per heavy atom. The van der Waals surface area contributed by atoms with E-state index in [2.05, 4.69) is 27.1 Å². The van der Waals surface area contributed by atoms with Gasteiger partial charge in [0.2, 0.25) is 10.0 Å². The monoisotopic (exact) mass is 543 g/mol. The highest BCUT2D eigenvalue weighted by Crippen LogP contribution is 2.40. The van der Waals surface area contributed by atoms with Crippen LogP contribution in [0, 0.1) is 11.6 Å². The second-order valence-corrected chi connectivity index (χ2v) is 11.8. The second-order valence-electron chi connectivity index (χ2n) is 9.77. The first-order valence-corrected chi connectivity index (χ1v) is 14.2. The van der Waals surface area contributed by atoms with Gasteiger partial charge in [0.05, 0.1) is 12.1 Å². The van der Waals surface area contributed by atoms with E-state index in [1.807, 2.05) is 6.07 Å². The molecule has 0 aliphatic carbocycles. The van der Waals surface area contributed by atoms with E-state index in [1.54, 1.807) is 30.3 Å². The molecule has 3 heterocycles. The molecule has 2 fully saturated rings. The first-order chi connectivity index (χ1) is 18.3. The zero-order chi connectivity index (χ0) is 26.8. The first-order valence-electron chi connectivity index (χ1n) is 12.7. The molecule has 2 saturated heterocycles. The Kier molecular flexibility index (Phi) is 7.71. The van der Waals surface area contributed by atoms with Gasteiger partial charge in [0.15, 0.2) is 0 Å². The van der Waals surface area contributed by atoms with E-state index in [4.69, 9.17) is 4.74 Å². The van der Waals surface area contributed by atoms with Crippen LogP contribution >= 0.6 is 0 Å². The molecule has 202 valence electrons. The van der Waals surface area contributed by atoms with Crippen LogP contribution in [0.4, 0.5) is 8.78 Å². The van der Waals surface area contributed by atoms with Crippen molar-refractivity contribution in [2.75, 3.05) is 13.2 Å². The minimum atomic E-state index is -3.86. The van der Waals surface area contributed by atoms with E-state index >= 15 is 8.78 Å². The maximum atomic E-state index is 15.7. The molecule has 2 aromatic carbocycles. The highest BCUT2D eigenvalue weighted by molar-refractivity contribution is 7.89. The zero-order valence-electron chi connectivity index (χ0n) is 20.9. The molecule has 11 heteroatoms. The Labute approximate surface area is 221 Å². The Morgan fingerprint density at radius 2 is 1.92 bits per heavy atom. The van der Waals surface area contributed by atoms with Crippen molar-refractivity contribution in [3.05, 3.63) is 95.6 Å². The van der Waals surface area contributed by atoms with Gasteiger partial charge in [-0.3, -0.25) is 5.10 Å². The summed E-state index contributed by atoms with van der Waals surface area (Å²) in [6.07, 6.45) is 4.79. The van der Waals surface area contributed by atoms with Gasteiger partial charge in [0, 0.05) is 36.9 Å². The van der Waals surface area contributed by atoms with Crippen LogP contribution in [0.2, 0.25) is 0 Å². The van der Waals surface area contributed by atoms with Crippen LogP contribution in [0.5, 0.6) is 0 Å². The Morgan fingerprint density at radius 1 is 1.16 bits per heavy atom. The molecule has 2 N–H and O–H groups in total. The van der Waals surface area contributed by atoms with Gasteiger partial charge < -0.3 is 10.1 Å². The summed E-state index contributed by atoms with van der Waals surface area (Å²) in [5, 5.41) is 9.18. The van der Waals surface area contributed by atoms with Crippen molar-refractivity contribution >= 4 is 10.0 Å². The third-order valence-electron chi connectivity index (χ3n) is 7.61. The molecular weight excluding hydrogens is 512 g/mol. The number of benzene rings is 2. The number of halogens is 2. The lowest BCUT2D eigenvalue weighted by molar-refractivity contribution is 0.0339. The molecule has 3 aromatic rings. The molecule has 0 saturated carbocycles.